The van der Waals surface area contributed by atoms with E-state index in [9.17, 15) is 0 Å². The number of hydrogen-bond donors (Lipinski definition) is 0. The van der Waals surface area contributed by atoms with Crippen molar-refractivity contribution in [1.29, 1.82) is 0 Å². The minimum absolute atomic E-state index is 0.282. The molecule has 0 bridgehead atoms. The first-order chi connectivity index (χ1) is 21.3. The SMILES string of the molecule is c1ccc2c(c1)Cc1cc3c4c5c1C2c1cccc2c1C51[n+]5c(cccc5-c5ccc6c([n+]51)C4c1c(cccc1C6)C3)C2. The first-order valence-corrected chi connectivity index (χ1v) is 15.9. The molecule has 1 spiro atoms. The lowest BCUT2D eigenvalue weighted by Gasteiger charge is -2.47. The first-order valence-electron chi connectivity index (χ1n) is 15.9. The van der Waals surface area contributed by atoms with E-state index in [1.807, 2.05) is 0 Å². The van der Waals surface area contributed by atoms with Crippen molar-refractivity contribution >= 4 is 0 Å². The van der Waals surface area contributed by atoms with E-state index in [1.165, 1.54) is 50.5 Å². The summed E-state index contributed by atoms with van der Waals surface area (Å²) in [6, 6.07) is 38.4. The fourth-order valence-electron chi connectivity index (χ4n) is 11.2. The molecule has 4 aliphatic carbocycles. The van der Waals surface area contributed by atoms with E-state index in [2.05, 4.69) is 106 Å². The Balaban J connectivity index is 1.33. The molecule has 43 heavy (non-hydrogen) atoms. The third-order valence-corrected chi connectivity index (χ3v) is 12.3. The lowest BCUT2D eigenvalue weighted by atomic mass is 9.56. The maximum Gasteiger partial charge on any atom is 0.417 e. The van der Waals surface area contributed by atoms with E-state index in [1.54, 1.807) is 50.2 Å². The van der Waals surface area contributed by atoms with Crippen LogP contribution < -0.4 is 9.13 Å². The predicted octanol–water partition coefficient (Wildman–Crippen LogP) is 6.14. The minimum atomic E-state index is -0.366. The molecule has 6 aromatic rings. The summed E-state index contributed by atoms with van der Waals surface area (Å²) in [5.41, 5.74) is 27.2. The van der Waals surface area contributed by atoms with Gasteiger partial charge in [0.2, 0.25) is 5.69 Å². The molecule has 4 aromatic carbocycles. The lowest BCUT2D eigenvalue weighted by Crippen LogP contribution is -2.78. The smallest absolute Gasteiger partial charge is 0.117 e. The van der Waals surface area contributed by atoms with E-state index in [0.29, 0.717) is 5.92 Å². The van der Waals surface area contributed by atoms with Gasteiger partial charge in [-0.15, -0.1) is 9.13 Å². The Morgan fingerprint density at radius 2 is 1.16 bits per heavy atom. The zero-order chi connectivity index (χ0) is 27.3. The molecule has 0 saturated heterocycles. The molecule has 0 fully saturated rings. The van der Waals surface area contributed by atoms with Crippen LogP contribution in [0.1, 0.15) is 101 Å². The molecule has 3 atom stereocenters. The molecular weight excluding hydrogens is 520 g/mol. The van der Waals surface area contributed by atoms with Crippen LogP contribution in [0.15, 0.2) is 97.1 Å². The van der Waals surface area contributed by atoms with Gasteiger partial charge in [0.15, 0.2) is 5.69 Å². The van der Waals surface area contributed by atoms with Crippen molar-refractivity contribution in [2.24, 2.45) is 0 Å². The number of aromatic nitrogens is 2. The van der Waals surface area contributed by atoms with Crippen molar-refractivity contribution in [3.63, 3.8) is 0 Å². The second kappa shape index (κ2) is 6.40. The van der Waals surface area contributed by atoms with Gasteiger partial charge in [-0.2, -0.15) is 0 Å². The third-order valence-electron chi connectivity index (χ3n) is 12.3. The summed E-state index contributed by atoms with van der Waals surface area (Å²) in [4.78, 5) is 0. The number of nitrogens with zero attached hydrogens (tertiary/aromatic N) is 2. The highest BCUT2D eigenvalue weighted by atomic mass is 15.4. The molecule has 2 aromatic heterocycles. The van der Waals surface area contributed by atoms with Crippen LogP contribution in [0.5, 0.6) is 0 Å². The Labute approximate surface area is 249 Å². The summed E-state index contributed by atoms with van der Waals surface area (Å²) in [6.45, 7) is 0. The van der Waals surface area contributed by atoms with E-state index in [-0.39, 0.29) is 11.6 Å². The standard InChI is InChI=1S/C41H26N2/c1-2-11-29-21(6-1)16-26-19-27-18-23-8-3-7-22-17-25-14-15-32-31-13-5-10-28-20-24-9-4-12-30-36(29)34(26)39-35(27)37(33(22)23)40(25)43(32)41(39,38(24)30)42(28)31/h1-15,19,36-37H,16-18,20H2/q+2. The van der Waals surface area contributed by atoms with Crippen LogP contribution in [0.4, 0.5) is 0 Å². The van der Waals surface area contributed by atoms with Gasteiger partial charge in [-0.1, -0.05) is 66.7 Å². The van der Waals surface area contributed by atoms with E-state index in [0.717, 1.165) is 25.7 Å². The van der Waals surface area contributed by atoms with Crippen LogP contribution >= 0.6 is 0 Å². The highest BCUT2D eigenvalue weighted by Gasteiger charge is 2.74. The monoisotopic (exact) mass is 546 g/mol. The predicted molar refractivity (Wildman–Crippen MR) is 163 cm³/mol. The van der Waals surface area contributed by atoms with Gasteiger partial charge in [0.05, 0.1) is 12.3 Å². The molecule has 0 amide bonds. The molecule has 2 nitrogen and oxygen atoms in total. The molecule has 3 aliphatic heterocycles. The first kappa shape index (κ1) is 21.0. The normalized spacial score (nSPS) is 23.1. The molecule has 5 heterocycles. The van der Waals surface area contributed by atoms with Gasteiger partial charge in [0.25, 0.3) is 11.4 Å². The maximum atomic E-state index is 2.88. The summed E-state index contributed by atoms with van der Waals surface area (Å²) >= 11 is 0. The summed E-state index contributed by atoms with van der Waals surface area (Å²) in [5.74, 6) is 0.584. The average molecular weight is 547 g/mol. The fourth-order valence-corrected chi connectivity index (χ4v) is 11.2. The van der Waals surface area contributed by atoms with Crippen LogP contribution in [-0.2, 0) is 31.3 Å². The van der Waals surface area contributed by atoms with Gasteiger partial charge < -0.3 is 0 Å². The molecule has 13 rings (SSSR count). The van der Waals surface area contributed by atoms with Crippen molar-refractivity contribution in [3.8, 4) is 11.4 Å². The molecule has 0 saturated carbocycles. The van der Waals surface area contributed by atoms with Gasteiger partial charge in [-0.25, -0.2) is 0 Å². The van der Waals surface area contributed by atoms with Gasteiger partial charge in [0, 0.05) is 36.1 Å². The van der Waals surface area contributed by atoms with Crippen molar-refractivity contribution in [1.82, 2.24) is 0 Å². The summed E-state index contributed by atoms with van der Waals surface area (Å²) in [7, 11) is 0. The lowest BCUT2D eigenvalue weighted by molar-refractivity contribution is -0.947. The van der Waals surface area contributed by atoms with Gasteiger partial charge >= 0.3 is 5.66 Å². The average Bonchev–Trinajstić information content (AvgIpc) is 3.35. The van der Waals surface area contributed by atoms with Crippen LogP contribution in [0, 0.1) is 0 Å². The van der Waals surface area contributed by atoms with Crippen molar-refractivity contribution in [3.05, 3.63) is 186 Å². The Morgan fingerprint density at radius 1 is 0.465 bits per heavy atom. The molecule has 0 N–H and O–H groups in total. The van der Waals surface area contributed by atoms with Crippen LogP contribution in [0.25, 0.3) is 11.4 Å². The summed E-state index contributed by atoms with van der Waals surface area (Å²) in [5, 5.41) is 0. The molecule has 3 unspecified atom stereocenters. The van der Waals surface area contributed by atoms with Crippen LogP contribution in [-0.4, -0.2) is 0 Å². The second-order valence-electron chi connectivity index (χ2n) is 13.9. The Hall–Kier alpha value is -4.82. The topological polar surface area (TPSA) is 7.76 Å². The van der Waals surface area contributed by atoms with E-state index < -0.39 is 0 Å². The number of rotatable bonds is 0. The van der Waals surface area contributed by atoms with Crippen molar-refractivity contribution < 1.29 is 9.13 Å². The van der Waals surface area contributed by atoms with Gasteiger partial charge in [-0.3, -0.25) is 0 Å². The summed E-state index contributed by atoms with van der Waals surface area (Å²) < 4.78 is 5.68. The molecular formula is C41H26N2+2. The van der Waals surface area contributed by atoms with E-state index >= 15 is 0 Å². The summed E-state index contributed by atoms with van der Waals surface area (Å²) in [6.07, 6.45) is 4.08. The molecule has 0 radical (unpaired) electrons. The molecule has 7 aliphatic rings. The number of benzene rings is 4. The van der Waals surface area contributed by atoms with Crippen LogP contribution in [0.3, 0.4) is 0 Å². The molecule has 198 valence electrons. The van der Waals surface area contributed by atoms with E-state index in [4.69, 9.17) is 0 Å². The number of pyridine rings is 2. The third kappa shape index (κ3) is 1.96. The maximum absolute atomic E-state index is 2.88. The molecule has 2 heteroatoms. The zero-order valence-corrected chi connectivity index (χ0v) is 23.6. The van der Waals surface area contributed by atoms with Gasteiger partial charge in [-0.05, 0) is 86.2 Å². The number of hydrogen-bond acceptors (Lipinski definition) is 0. The Kier molecular flexibility index (Phi) is 3.12. The fraction of sp³-hybridized carbons (Fsp3) is 0.171. The van der Waals surface area contributed by atoms with Crippen molar-refractivity contribution in [2.45, 2.75) is 43.2 Å². The zero-order valence-electron chi connectivity index (χ0n) is 23.6. The minimum Gasteiger partial charge on any atom is -0.117 e. The second-order valence-corrected chi connectivity index (χ2v) is 13.9. The highest BCUT2D eigenvalue weighted by Crippen LogP contribution is 2.62. The quantitative estimate of drug-likeness (QED) is 0.202. The van der Waals surface area contributed by atoms with Crippen LogP contribution in [0.2, 0.25) is 0 Å². The Bertz CT molecular complexity index is 2430. The highest BCUT2D eigenvalue weighted by molar-refractivity contribution is 5.75. The largest absolute Gasteiger partial charge is 0.417 e. The number of fused-ring (bicyclic) bond motifs is 4. The van der Waals surface area contributed by atoms with Gasteiger partial charge in [0.1, 0.15) is 11.1 Å². The van der Waals surface area contributed by atoms with Crippen molar-refractivity contribution in [2.75, 3.05) is 0 Å². The Morgan fingerprint density at radius 3 is 2.09 bits per heavy atom.